The fraction of sp³-hybridized carbons (Fsp3) is 0.360. The minimum absolute atomic E-state index is 0.117. The maximum atomic E-state index is 10.9. The molecule has 2 N–H and O–H groups in total. The zero-order valence-corrected chi connectivity index (χ0v) is 16.6. The number of hydrogen-bond acceptors (Lipinski definition) is 2. The molecule has 0 fully saturated rings. The molecule has 2 aromatic rings. The smallest absolute Gasteiger partial charge is 0.123 e. The summed E-state index contributed by atoms with van der Waals surface area (Å²) in [6.45, 7) is 10.7. The highest BCUT2D eigenvalue weighted by Gasteiger charge is 2.40. The van der Waals surface area contributed by atoms with Crippen molar-refractivity contribution in [3.8, 4) is 11.5 Å². The normalized spacial score (nSPS) is 22.3. The Morgan fingerprint density at radius 2 is 1.85 bits per heavy atom. The van der Waals surface area contributed by atoms with Crippen LogP contribution in [0.1, 0.15) is 50.3 Å². The van der Waals surface area contributed by atoms with Gasteiger partial charge in [0.25, 0.3) is 0 Å². The first-order valence-electron chi connectivity index (χ1n) is 9.74. The summed E-state index contributed by atoms with van der Waals surface area (Å²) >= 11 is 0. The summed E-state index contributed by atoms with van der Waals surface area (Å²) < 4.78 is 0. The van der Waals surface area contributed by atoms with Gasteiger partial charge in [0.2, 0.25) is 0 Å². The van der Waals surface area contributed by atoms with Gasteiger partial charge >= 0.3 is 0 Å². The zero-order valence-electron chi connectivity index (χ0n) is 16.6. The number of aromatic hydroxyl groups is 2. The van der Waals surface area contributed by atoms with Gasteiger partial charge in [0.1, 0.15) is 11.5 Å². The van der Waals surface area contributed by atoms with Crippen molar-refractivity contribution < 1.29 is 10.2 Å². The van der Waals surface area contributed by atoms with Gasteiger partial charge in [-0.15, -0.1) is 0 Å². The molecule has 0 spiro atoms. The molecule has 3 rings (SSSR count). The number of hydrogen-bond donors (Lipinski definition) is 2. The van der Waals surface area contributed by atoms with Crippen molar-refractivity contribution in [1.82, 2.24) is 0 Å². The highest BCUT2D eigenvalue weighted by Crippen LogP contribution is 2.49. The molecule has 0 saturated heterocycles. The average Bonchev–Trinajstić information content (AvgIpc) is 2.59. The molecule has 0 unspecified atom stereocenters. The van der Waals surface area contributed by atoms with Crippen LogP contribution in [-0.4, -0.2) is 10.2 Å². The summed E-state index contributed by atoms with van der Waals surface area (Å²) in [5.74, 6) is 0.566. The van der Waals surface area contributed by atoms with Crippen LogP contribution < -0.4 is 0 Å². The Balaban J connectivity index is 2.08. The third-order valence-electron chi connectivity index (χ3n) is 5.94. The summed E-state index contributed by atoms with van der Waals surface area (Å²) in [6, 6.07) is 13.6. The fourth-order valence-corrected chi connectivity index (χ4v) is 4.77. The Kier molecular flexibility index (Phi) is 5.46. The Morgan fingerprint density at radius 1 is 1.15 bits per heavy atom. The first-order valence-corrected chi connectivity index (χ1v) is 9.74. The van der Waals surface area contributed by atoms with Gasteiger partial charge in [-0.25, -0.2) is 0 Å². The summed E-state index contributed by atoms with van der Waals surface area (Å²) in [4.78, 5) is 0. The van der Waals surface area contributed by atoms with Crippen molar-refractivity contribution in [1.29, 1.82) is 0 Å². The van der Waals surface area contributed by atoms with Gasteiger partial charge in [0, 0.05) is 17.0 Å². The molecule has 0 saturated carbocycles. The molecule has 2 heteroatoms. The molecule has 142 valence electrons. The third-order valence-corrected chi connectivity index (χ3v) is 5.94. The Morgan fingerprint density at radius 3 is 2.52 bits per heavy atom. The van der Waals surface area contributed by atoms with Crippen LogP contribution in [0.4, 0.5) is 0 Å². The summed E-state index contributed by atoms with van der Waals surface area (Å²) in [6.07, 6.45) is 6.03. The topological polar surface area (TPSA) is 40.5 Å². The Hall–Kier alpha value is -2.48. The second kappa shape index (κ2) is 7.64. The maximum Gasteiger partial charge on any atom is 0.123 e. The van der Waals surface area contributed by atoms with E-state index in [2.05, 4.69) is 45.6 Å². The van der Waals surface area contributed by atoms with Crippen LogP contribution in [0.5, 0.6) is 11.5 Å². The van der Waals surface area contributed by atoms with Gasteiger partial charge in [-0.05, 0) is 62.6 Å². The van der Waals surface area contributed by atoms with E-state index in [1.165, 1.54) is 17.2 Å². The third kappa shape index (κ3) is 3.95. The van der Waals surface area contributed by atoms with Crippen molar-refractivity contribution in [2.45, 2.75) is 51.9 Å². The molecule has 0 amide bonds. The summed E-state index contributed by atoms with van der Waals surface area (Å²) in [5, 5.41) is 21.0. The SMILES string of the molecule is C=C(C)[C@@H]1CCC(C)=C[C@]1(C)c1c(O)cc(O)cc1CCc1ccccc1. The highest BCUT2D eigenvalue weighted by atomic mass is 16.3. The second-order valence-electron chi connectivity index (χ2n) is 8.20. The number of allylic oxidation sites excluding steroid dienone is 3. The van der Waals surface area contributed by atoms with Crippen LogP contribution in [0.15, 0.2) is 66.3 Å². The predicted octanol–water partition coefficient (Wildman–Crippen LogP) is 6.07. The molecular formula is C25H30O2. The molecule has 2 nitrogen and oxygen atoms in total. The molecule has 0 aromatic heterocycles. The lowest BCUT2D eigenvalue weighted by Crippen LogP contribution is -2.35. The van der Waals surface area contributed by atoms with E-state index in [4.69, 9.17) is 0 Å². The van der Waals surface area contributed by atoms with Gasteiger partial charge in [-0.2, -0.15) is 0 Å². The minimum Gasteiger partial charge on any atom is -0.508 e. The van der Waals surface area contributed by atoms with Crippen molar-refractivity contribution in [3.05, 3.63) is 83.0 Å². The lowest BCUT2D eigenvalue weighted by atomic mass is 9.62. The predicted molar refractivity (Wildman–Crippen MR) is 112 cm³/mol. The molecule has 2 atom stereocenters. The second-order valence-corrected chi connectivity index (χ2v) is 8.20. The monoisotopic (exact) mass is 362 g/mol. The van der Waals surface area contributed by atoms with E-state index >= 15 is 0 Å². The van der Waals surface area contributed by atoms with Crippen LogP contribution in [-0.2, 0) is 18.3 Å². The molecule has 0 heterocycles. The minimum atomic E-state index is -0.321. The average molecular weight is 363 g/mol. The van der Waals surface area contributed by atoms with Crippen LogP contribution >= 0.6 is 0 Å². The van der Waals surface area contributed by atoms with E-state index in [0.29, 0.717) is 0 Å². The maximum absolute atomic E-state index is 10.9. The van der Waals surface area contributed by atoms with E-state index in [-0.39, 0.29) is 22.8 Å². The van der Waals surface area contributed by atoms with Gasteiger partial charge in [0.05, 0.1) is 0 Å². The fourth-order valence-electron chi connectivity index (χ4n) is 4.77. The molecule has 0 aliphatic heterocycles. The Bertz CT molecular complexity index is 863. The number of phenolic OH excluding ortho intramolecular Hbond substituents is 2. The molecular weight excluding hydrogens is 332 g/mol. The van der Waals surface area contributed by atoms with Crippen LogP contribution in [0, 0.1) is 5.92 Å². The quantitative estimate of drug-likeness (QED) is 0.633. The number of benzene rings is 2. The zero-order chi connectivity index (χ0) is 19.6. The van der Waals surface area contributed by atoms with Crippen molar-refractivity contribution in [2.24, 2.45) is 5.92 Å². The van der Waals surface area contributed by atoms with E-state index < -0.39 is 0 Å². The molecule has 27 heavy (non-hydrogen) atoms. The number of rotatable bonds is 5. The van der Waals surface area contributed by atoms with Crippen LogP contribution in [0.3, 0.4) is 0 Å². The molecule has 2 aromatic carbocycles. The standard InChI is InChI=1S/C25H30O2/c1-17(2)22-13-10-18(3)16-25(22,4)24-20(14-21(26)15-23(24)27)12-11-19-8-6-5-7-9-19/h5-9,14-16,22,26-27H,1,10-13H2,2-4H3/t22-,25-/m0/s1. The van der Waals surface area contributed by atoms with E-state index in [9.17, 15) is 10.2 Å². The van der Waals surface area contributed by atoms with E-state index in [1.807, 2.05) is 24.3 Å². The molecule has 0 bridgehead atoms. The molecule has 1 aliphatic carbocycles. The summed E-state index contributed by atoms with van der Waals surface area (Å²) in [5.41, 5.74) is 5.36. The lowest BCUT2D eigenvalue weighted by Gasteiger charge is -2.42. The van der Waals surface area contributed by atoms with Crippen molar-refractivity contribution in [2.75, 3.05) is 0 Å². The van der Waals surface area contributed by atoms with E-state index in [0.717, 1.165) is 42.4 Å². The van der Waals surface area contributed by atoms with E-state index in [1.54, 1.807) is 0 Å². The lowest BCUT2D eigenvalue weighted by molar-refractivity contribution is 0.343. The van der Waals surface area contributed by atoms with Crippen molar-refractivity contribution >= 4 is 0 Å². The van der Waals surface area contributed by atoms with Crippen LogP contribution in [0.2, 0.25) is 0 Å². The summed E-state index contributed by atoms with van der Waals surface area (Å²) in [7, 11) is 0. The van der Waals surface area contributed by atoms with Crippen LogP contribution in [0.25, 0.3) is 0 Å². The number of aryl methyl sites for hydroxylation is 2. The van der Waals surface area contributed by atoms with Gasteiger partial charge in [-0.1, -0.05) is 61.1 Å². The van der Waals surface area contributed by atoms with Gasteiger partial charge < -0.3 is 10.2 Å². The molecule has 1 aliphatic rings. The van der Waals surface area contributed by atoms with Gasteiger partial charge in [-0.3, -0.25) is 0 Å². The van der Waals surface area contributed by atoms with Crippen molar-refractivity contribution in [3.63, 3.8) is 0 Å². The van der Waals surface area contributed by atoms with Gasteiger partial charge in [0.15, 0.2) is 0 Å². The molecule has 0 radical (unpaired) electrons. The number of phenols is 2. The highest BCUT2D eigenvalue weighted by molar-refractivity contribution is 5.53. The Labute approximate surface area is 162 Å². The first-order chi connectivity index (χ1) is 12.8. The largest absolute Gasteiger partial charge is 0.508 e. The first kappa shape index (κ1) is 19.3.